The highest BCUT2D eigenvalue weighted by Crippen LogP contribution is 2.39. The van der Waals surface area contributed by atoms with Gasteiger partial charge in [-0.1, -0.05) is 47.7 Å². The largest absolute Gasteiger partial charge is 0.382 e. The number of hydrogen-bond donors (Lipinski definition) is 4. The first kappa shape index (κ1) is 25.1. The van der Waals surface area contributed by atoms with Crippen LogP contribution in [-0.4, -0.2) is 21.8 Å². The SMILES string of the molecule is CC(=O)Nc1cc(Nc2nc(N)c(-c3nc(-c4cccc(NC(=O)c5ccccc5)c4)cs3)s2)ccc1C. The van der Waals surface area contributed by atoms with Crippen LogP contribution in [0.5, 0.6) is 0 Å². The summed E-state index contributed by atoms with van der Waals surface area (Å²) in [5.41, 5.74) is 11.7. The van der Waals surface area contributed by atoms with Crippen molar-refractivity contribution in [1.82, 2.24) is 9.97 Å². The average Bonchev–Trinajstić information content (AvgIpc) is 3.53. The number of rotatable bonds is 7. The number of benzene rings is 3. The molecule has 10 heteroatoms. The van der Waals surface area contributed by atoms with E-state index >= 15 is 0 Å². The molecule has 0 fully saturated rings. The van der Waals surface area contributed by atoms with Crippen molar-refractivity contribution in [2.75, 3.05) is 21.7 Å². The molecule has 0 saturated heterocycles. The lowest BCUT2D eigenvalue weighted by Crippen LogP contribution is -2.11. The molecule has 8 nitrogen and oxygen atoms in total. The van der Waals surface area contributed by atoms with Crippen molar-refractivity contribution in [2.45, 2.75) is 13.8 Å². The van der Waals surface area contributed by atoms with Gasteiger partial charge in [0.25, 0.3) is 5.91 Å². The number of hydrogen-bond acceptors (Lipinski definition) is 8. The van der Waals surface area contributed by atoms with E-state index in [0.717, 1.165) is 38.1 Å². The summed E-state index contributed by atoms with van der Waals surface area (Å²) < 4.78 is 0. The number of anilines is 5. The van der Waals surface area contributed by atoms with Crippen molar-refractivity contribution >= 4 is 62.5 Å². The van der Waals surface area contributed by atoms with Crippen LogP contribution in [0.1, 0.15) is 22.8 Å². The molecular weight excluding hydrogens is 516 g/mol. The van der Waals surface area contributed by atoms with E-state index in [9.17, 15) is 9.59 Å². The number of carbonyl (C=O) groups is 2. The van der Waals surface area contributed by atoms with Crippen LogP contribution in [0.25, 0.3) is 21.1 Å². The van der Waals surface area contributed by atoms with Gasteiger partial charge < -0.3 is 21.7 Å². The van der Waals surface area contributed by atoms with E-state index in [4.69, 9.17) is 10.7 Å². The Morgan fingerprint density at radius 1 is 0.895 bits per heavy atom. The second-order valence-electron chi connectivity index (χ2n) is 8.51. The maximum absolute atomic E-state index is 12.5. The lowest BCUT2D eigenvalue weighted by molar-refractivity contribution is -0.114. The number of nitrogens with one attached hydrogen (secondary N) is 3. The van der Waals surface area contributed by atoms with Crippen LogP contribution in [0.2, 0.25) is 0 Å². The van der Waals surface area contributed by atoms with Gasteiger partial charge in [0.2, 0.25) is 5.91 Å². The minimum absolute atomic E-state index is 0.130. The maximum atomic E-state index is 12.5. The van der Waals surface area contributed by atoms with Crippen molar-refractivity contribution < 1.29 is 9.59 Å². The normalized spacial score (nSPS) is 10.7. The van der Waals surface area contributed by atoms with Gasteiger partial charge in [0.05, 0.1) is 5.69 Å². The van der Waals surface area contributed by atoms with Crippen LogP contribution in [0.3, 0.4) is 0 Å². The third-order valence-corrected chi connectivity index (χ3v) is 7.59. The molecular formula is C28H24N6O2S2. The summed E-state index contributed by atoms with van der Waals surface area (Å²) >= 11 is 2.88. The van der Waals surface area contributed by atoms with Crippen molar-refractivity contribution in [3.63, 3.8) is 0 Å². The number of aromatic nitrogens is 2. The van der Waals surface area contributed by atoms with Gasteiger partial charge in [-0.25, -0.2) is 9.97 Å². The summed E-state index contributed by atoms with van der Waals surface area (Å²) in [5.74, 6) is 0.0862. The van der Waals surface area contributed by atoms with Crippen molar-refractivity contribution in [3.8, 4) is 21.1 Å². The number of nitrogens with two attached hydrogens (primary N) is 1. The Morgan fingerprint density at radius 2 is 1.71 bits per heavy atom. The molecule has 2 aromatic heterocycles. The Balaban J connectivity index is 1.33. The summed E-state index contributed by atoms with van der Waals surface area (Å²) in [4.78, 5) is 34.1. The smallest absolute Gasteiger partial charge is 0.255 e. The Labute approximate surface area is 227 Å². The molecule has 0 spiro atoms. The molecule has 0 aliphatic heterocycles. The van der Waals surface area contributed by atoms with Crippen LogP contribution in [0.15, 0.2) is 78.2 Å². The number of amides is 2. The van der Waals surface area contributed by atoms with Crippen molar-refractivity contribution in [3.05, 3.63) is 89.3 Å². The van der Waals surface area contributed by atoms with Gasteiger partial charge >= 0.3 is 0 Å². The van der Waals surface area contributed by atoms with E-state index in [0.29, 0.717) is 22.2 Å². The van der Waals surface area contributed by atoms with Crippen LogP contribution < -0.4 is 21.7 Å². The molecule has 0 saturated carbocycles. The molecule has 3 aromatic carbocycles. The van der Waals surface area contributed by atoms with Gasteiger partial charge in [-0.3, -0.25) is 9.59 Å². The minimum Gasteiger partial charge on any atom is -0.382 e. The fourth-order valence-electron chi connectivity index (χ4n) is 3.75. The molecule has 5 N–H and O–H groups in total. The molecule has 38 heavy (non-hydrogen) atoms. The molecule has 0 radical (unpaired) electrons. The topological polar surface area (TPSA) is 122 Å². The maximum Gasteiger partial charge on any atom is 0.255 e. The first-order valence-electron chi connectivity index (χ1n) is 11.7. The Morgan fingerprint density at radius 3 is 2.50 bits per heavy atom. The highest BCUT2D eigenvalue weighted by Gasteiger charge is 2.16. The molecule has 5 rings (SSSR count). The molecule has 0 aliphatic carbocycles. The molecule has 0 aliphatic rings. The van der Waals surface area contributed by atoms with Gasteiger partial charge in [-0.15, -0.1) is 11.3 Å². The van der Waals surface area contributed by atoms with Crippen LogP contribution in [0.4, 0.5) is 28.0 Å². The van der Waals surface area contributed by atoms with Gasteiger partial charge in [-0.05, 0) is 48.9 Å². The Kier molecular flexibility index (Phi) is 7.16. The van der Waals surface area contributed by atoms with E-state index in [2.05, 4.69) is 20.9 Å². The molecule has 0 bridgehead atoms. The molecule has 0 unspecified atom stereocenters. The van der Waals surface area contributed by atoms with Crippen LogP contribution in [-0.2, 0) is 4.79 Å². The molecule has 190 valence electrons. The van der Waals surface area contributed by atoms with Crippen LogP contribution in [0, 0.1) is 6.92 Å². The van der Waals surface area contributed by atoms with E-state index in [1.54, 1.807) is 12.1 Å². The number of nitrogen functional groups attached to an aromatic ring is 1. The molecule has 2 heterocycles. The van der Waals surface area contributed by atoms with E-state index < -0.39 is 0 Å². The molecule has 2 amide bonds. The summed E-state index contributed by atoms with van der Waals surface area (Å²) in [6.07, 6.45) is 0. The van der Waals surface area contributed by atoms with Gasteiger partial charge in [0.1, 0.15) is 15.7 Å². The lowest BCUT2D eigenvalue weighted by atomic mass is 10.1. The first-order chi connectivity index (χ1) is 18.4. The van der Waals surface area contributed by atoms with Crippen molar-refractivity contribution in [2.24, 2.45) is 0 Å². The predicted octanol–water partition coefficient (Wildman–Crippen LogP) is 6.78. The zero-order valence-electron chi connectivity index (χ0n) is 20.6. The fraction of sp³-hybridized carbons (Fsp3) is 0.0714. The lowest BCUT2D eigenvalue weighted by Gasteiger charge is -2.09. The fourth-order valence-corrected chi connectivity index (χ4v) is 5.58. The Hall–Kier alpha value is -4.54. The standard InChI is InChI=1S/C28H24N6O2S2/c1-16-11-12-21(14-22(16)30-17(2)35)32-28-34-25(29)24(38-28)27-33-23(15-37-27)19-9-6-10-20(13-19)31-26(36)18-7-4-3-5-8-18/h3-15H,29H2,1-2H3,(H,30,35)(H,31,36)(H,32,34). The molecule has 5 aromatic rings. The zero-order chi connectivity index (χ0) is 26.6. The van der Waals surface area contributed by atoms with E-state index in [1.165, 1.54) is 29.6 Å². The second-order valence-corrected chi connectivity index (χ2v) is 10.4. The van der Waals surface area contributed by atoms with Gasteiger partial charge in [0.15, 0.2) is 5.13 Å². The summed E-state index contributed by atoms with van der Waals surface area (Å²) in [7, 11) is 0. The highest BCUT2D eigenvalue weighted by atomic mass is 32.1. The average molecular weight is 541 g/mol. The number of carbonyl (C=O) groups excluding carboxylic acids is 2. The summed E-state index contributed by atoms with van der Waals surface area (Å²) in [5, 5.41) is 12.4. The second kappa shape index (κ2) is 10.8. The highest BCUT2D eigenvalue weighted by molar-refractivity contribution is 7.23. The summed E-state index contributed by atoms with van der Waals surface area (Å²) in [6, 6.07) is 22.4. The first-order valence-corrected chi connectivity index (χ1v) is 13.4. The quantitative estimate of drug-likeness (QED) is 0.181. The van der Waals surface area contributed by atoms with Crippen LogP contribution >= 0.6 is 22.7 Å². The number of thiazole rings is 2. The third kappa shape index (κ3) is 5.72. The monoisotopic (exact) mass is 540 g/mol. The summed E-state index contributed by atoms with van der Waals surface area (Å²) in [6.45, 7) is 3.41. The predicted molar refractivity (Wildman–Crippen MR) is 156 cm³/mol. The number of aryl methyl sites for hydroxylation is 1. The van der Waals surface area contributed by atoms with E-state index in [1.807, 2.05) is 73.0 Å². The third-order valence-electron chi connectivity index (χ3n) is 5.60. The zero-order valence-corrected chi connectivity index (χ0v) is 22.2. The Bertz CT molecular complexity index is 1630. The van der Waals surface area contributed by atoms with Gasteiger partial charge in [0, 0.05) is 40.5 Å². The van der Waals surface area contributed by atoms with Crippen molar-refractivity contribution in [1.29, 1.82) is 0 Å². The van der Waals surface area contributed by atoms with E-state index in [-0.39, 0.29) is 11.8 Å². The molecule has 0 atom stereocenters. The van der Waals surface area contributed by atoms with Gasteiger partial charge in [-0.2, -0.15) is 0 Å². The number of nitrogens with zero attached hydrogens (tertiary/aromatic N) is 2. The minimum atomic E-state index is -0.169.